The van der Waals surface area contributed by atoms with Crippen molar-refractivity contribution in [1.82, 2.24) is 19.5 Å². The van der Waals surface area contributed by atoms with E-state index in [9.17, 15) is 0 Å². The summed E-state index contributed by atoms with van der Waals surface area (Å²) in [4.78, 5) is 6.81. The van der Waals surface area contributed by atoms with Crippen LogP contribution < -0.4 is 0 Å². The van der Waals surface area contributed by atoms with E-state index >= 15 is 0 Å². The van der Waals surface area contributed by atoms with Crippen LogP contribution in [0.1, 0.15) is 52.8 Å². The average Bonchev–Trinajstić information content (AvgIpc) is 2.73. The van der Waals surface area contributed by atoms with Crippen molar-refractivity contribution in [1.29, 1.82) is 0 Å². The highest BCUT2D eigenvalue weighted by Gasteiger charge is 2.53. The van der Waals surface area contributed by atoms with Crippen molar-refractivity contribution in [3.05, 3.63) is 29.8 Å². The van der Waals surface area contributed by atoms with Crippen molar-refractivity contribution in [2.75, 3.05) is 0 Å². The molecular weight excluding hydrogens is 236 g/mol. The first kappa shape index (κ1) is 12.6. The van der Waals surface area contributed by atoms with Crippen LogP contribution in [-0.4, -0.2) is 25.5 Å². The van der Waals surface area contributed by atoms with Crippen LogP contribution in [0.25, 0.3) is 5.52 Å². The minimum absolute atomic E-state index is 0.0300. The Morgan fingerprint density at radius 2 is 1.79 bits per heavy atom. The maximum absolute atomic E-state index is 4.81. The van der Waals surface area contributed by atoms with Gasteiger partial charge in [0.2, 0.25) is 0 Å². The molecule has 0 spiro atoms. The quantitative estimate of drug-likeness (QED) is 0.788. The van der Waals surface area contributed by atoms with Gasteiger partial charge in [0.05, 0.1) is 22.9 Å². The lowest BCUT2D eigenvalue weighted by atomic mass is 9.95. The van der Waals surface area contributed by atoms with Crippen molar-refractivity contribution < 1.29 is 0 Å². The maximum Gasteiger partial charge on any atom is 0.0899 e. The van der Waals surface area contributed by atoms with Crippen molar-refractivity contribution in [3.8, 4) is 0 Å². The van der Waals surface area contributed by atoms with E-state index in [0.29, 0.717) is 6.04 Å². The molecule has 0 fully saturated rings. The molecule has 0 saturated carbocycles. The fraction of sp³-hybridized carbons (Fsp3) is 0.600. The van der Waals surface area contributed by atoms with Crippen LogP contribution in [0, 0.1) is 0 Å². The first-order valence-corrected chi connectivity index (χ1v) is 6.90. The second-order valence-corrected chi connectivity index (χ2v) is 6.71. The van der Waals surface area contributed by atoms with Crippen LogP contribution in [0.5, 0.6) is 0 Å². The molecular formula is C15H22N4. The largest absolute Gasteiger partial charge is 0.281 e. The van der Waals surface area contributed by atoms with Crippen LogP contribution in [0.2, 0.25) is 0 Å². The molecule has 3 heterocycles. The van der Waals surface area contributed by atoms with Crippen molar-refractivity contribution in [2.24, 2.45) is 0 Å². The number of hydrogen-bond acceptors (Lipinski definition) is 3. The maximum atomic E-state index is 4.81. The molecule has 19 heavy (non-hydrogen) atoms. The Balaban J connectivity index is 2.36. The fourth-order valence-corrected chi connectivity index (χ4v) is 4.16. The highest BCUT2D eigenvalue weighted by atomic mass is 15.4. The van der Waals surface area contributed by atoms with Gasteiger partial charge >= 0.3 is 0 Å². The van der Waals surface area contributed by atoms with Gasteiger partial charge < -0.3 is 0 Å². The standard InChI is InChI=1S/C15H22N4/c1-10(2)19-14(3,4)12-11-9-16-7-8-18(11)17-13(12)15(19,5)6/h7-10H,1-6H3. The van der Waals surface area contributed by atoms with E-state index in [0.717, 1.165) is 5.52 Å². The number of hydrogen-bond donors (Lipinski definition) is 0. The van der Waals surface area contributed by atoms with E-state index < -0.39 is 0 Å². The molecule has 0 atom stereocenters. The summed E-state index contributed by atoms with van der Waals surface area (Å²) in [5.41, 5.74) is 3.54. The minimum atomic E-state index is -0.0565. The van der Waals surface area contributed by atoms with Gasteiger partial charge in [0.15, 0.2) is 0 Å². The molecule has 0 amide bonds. The molecule has 4 heteroatoms. The Kier molecular flexibility index (Phi) is 2.37. The van der Waals surface area contributed by atoms with Crippen LogP contribution in [0.3, 0.4) is 0 Å². The second kappa shape index (κ2) is 3.57. The molecule has 0 saturated heterocycles. The normalized spacial score (nSPS) is 21.2. The minimum Gasteiger partial charge on any atom is -0.281 e. The van der Waals surface area contributed by atoms with Crippen LogP contribution in [-0.2, 0) is 11.1 Å². The number of fused-ring (bicyclic) bond motifs is 3. The summed E-state index contributed by atoms with van der Waals surface area (Å²) in [6.45, 7) is 13.6. The molecule has 2 aromatic rings. The number of rotatable bonds is 1. The molecule has 102 valence electrons. The average molecular weight is 258 g/mol. The van der Waals surface area contributed by atoms with E-state index in [1.165, 1.54) is 11.3 Å². The lowest BCUT2D eigenvalue weighted by Crippen LogP contribution is -2.49. The van der Waals surface area contributed by atoms with Gasteiger partial charge in [-0.2, -0.15) is 5.10 Å². The molecule has 2 aromatic heterocycles. The number of aromatic nitrogens is 3. The smallest absolute Gasteiger partial charge is 0.0899 e. The second-order valence-electron chi connectivity index (χ2n) is 6.71. The van der Waals surface area contributed by atoms with E-state index in [4.69, 9.17) is 5.10 Å². The van der Waals surface area contributed by atoms with Crippen molar-refractivity contribution in [3.63, 3.8) is 0 Å². The molecule has 0 unspecified atom stereocenters. The zero-order chi connectivity index (χ0) is 14.0. The Bertz CT molecular complexity index is 637. The predicted molar refractivity (Wildman–Crippen MR) is 76.0 cm³/mol. The van der Waals surface area contributed by atoms with Gasteiger partial charge in [0.1, 0.15) is 0 Å². The van der Waals surface area contributed by atoms with Crippen molar-refractivity contribution >= 4 is 5.52 Å². The molecule has 3 rings (SSSR count). The molecule has 0 aromatic carbocycles. The molecule has 1 aliphatic heterocycles. The Morgan fingerprint density at radius 3 is 2.42 bits per heavy atom. The summed E-state index contributed by atoms with van der Waals surface area (Å²) in [6.07, 6.45) is 5.64. The van der Waals surface area contributed by atoms with Gasteiger partial charge in [-0.3, -0.25) is 9.88 Å². The first-order chi connectivity index (χ1) is 8.78. The third kappa shape index (κ3) is 1.43. The molecule has 0 aliphatic carbocycles. The van der Waals surface area contributed by atoms with E-state index in [2.05, 4.69) is 51.4 Å². The van der Waals surface area contributed by atoms with Gasteiger partial charge in [-0.15, -0.1) is 0 Å². The summed E-state index contributed by atoms with van der Waals surface area (Å²) in [7, 11) is 0. The van der Waals surface area contributed by atoms with Crippen LogP contribution in [0.15, 0.2) is 18.6 Å². The van der Waals surface area contributed by atoms with Gasteiger partial charge in [-0.1, -0.05) is 0 Å². The predicted octanol–water partition coefficient (Wildman–Crippen LogP) is 2.92. The first-order valence-electron chi connectivity index (χ1n) is 6.90. The fourth-order valence-electron chi connectivity index (χ4n) is 4.16. The summed E-state index contributed by atoms with van der Waals surface area (Å²) in [6, 6.07) is 0.468. The lowest BCUT2D eigenvalue weighted by molar-refractivity contribution is 0.00652. The Morgan fingerprint density at radius 1 is 1.11 bits per heavy atom. The van der Waals surface area contributed by atoms with Crippen LogP contribution >= 0.6 is 0 Å². The molecule has 0 radical (unpaired) electrons. The summed E-state index contributed by atoms with van der Waals surface area (Å²) >= 11 is 0. The third-order valence-corrected chi connectivity index (χ3v) is 4.35. The molecule has 0 N–H and O–H groups in total. The summed E-state index contributed by atoms with van der Waals surface area (Å²) in [5.74, 6) is 0. The lowest BCUT2D eigenvalue weighted by Gasteiger charge is -2.43. The topological polar surface area (TPSA) is 33.4 Å². The zero-order valence-electron chi connectivity index (χ0n) is 12.6. The summed E-state index contributed by atoms with van der Waals surface area (Å²) in [5, 5.41) is 4.81. The van der Waals surface area contributed by atoms with Gasteiger partial charge in [0, 0.05) is 29.5 Å². The van der Waals surface area contributed by atoms with E-state index in [1.54, 1.807) is 6.20 Å². The molecule has 0 bridgehead atoms. The van der Waals surface area contributed by atoms with E-state index in [1.807, 2.05) is 16.9 Å². The van der Waals surface area contributed by atoms with Gasteiger partial charge in [-0.05, 0) is 41.5 Å². The Hall–Kier alpha value is -1.42. The van der Waals surface area contributed by atoms with Crippen molar-refractivity contribution in [2.45, 2.75) is 58.7 Å². The summed E-state index contributed by atoms with van der Waals surface area (Å²) < 4.78 is 1.96. The number of nitrogens with zero attached hydrogens (tertiary/aromatic N) is 4. The van der Waals surface area contributed by atoms with Gasteiger partial charge in [-0.25, -0.2) is 4.52 Å². The highest BCUT2D eigenvalue weighted by Crippen LogP contribution is 2.51. The molecule has 1 aliphatic rings. The monoisotopic (exact) mass is 258 g/mol. The van der Waals surface area contributed by atoms with E-state index in [-0.39, 0.29) is 11.1 Å². The van der Waals surface area contributed by atoms with Gasteiger partial charge in [0.25, 0.3) is 0 Å². The highest BCUT2D eigenvalue weighted by molar-refractivity contribution is 5.62. The van der Waals surface area contributed by atoms with Crippen LogP contribution in [0.4, 0.5) is 0 Å². The molecule has 4 nitrogen and oxygen atoms in total. The third-order valence-electron chi connectivity index (χ3n) is 4.35. The zero-order valence-corrected chi connectivity index (χ0v) is 12.6. The Labute approximate surface area is 114 Å². The SMILES string of the molecule is CC(C)N1C(C)(C)c2nn3ccncc3c2C1(C)C.